The van der Waals surface area contributed by atoms with E-state index in [4.69, 9.17) is 5.11 Å². The van der Waals surface area contributed by atoms with Crippen molar-refractivity contribution in [2.75, 3.05) is 20.2 Å². The topological polar surface area (TPSA) is 69.6 Å². The lowest BCUT2D eigenvalue weighted by molar-refractivity contribution is -0.133. The number of rotatable bonds is 6. The maximum atomic E-state index is 12.2. The van der Waals surface area contributed by atoms with Crippen molar-refractivity contribution in [1.82, 2.24) is 10.2 Å². The van der Waals surface area contributed by atoms with Crippen LogP contribution in [-0.4, -0.2) is 48.1 Å². The first-order chi connectivity index (χ1) is 8.97. The van der Waals surface area contributed by atoms with Gasteiger partial charge in [-0.1, -0.05) is 19.9 Å². The van der Waals surface area contributed by atoms with Crippen molar-refractivity contribution < 1.29 is 14.7 Å². The molecule has 2 N–H and O–H groups in total. The largest absolute Gasteiger partial charge is 0.395 e. The highest BCUT2D eigenvalue weighted by atomic mass is 32.1. The van der Waals surface area contributed by atoms with Crippen LogP contribution in [0.3, 0.4) is 0 Å². The van der Waals surface area contributed by atoms with Crippen molar-refractivity contribution in [2.45, 2.75) is 19.9 Å². The van der Waals surface area contributed by atoms with E-state index < -0.39 is 6.04 Å². The van der Waals surface area contributed by atoms with Crippen molar-refractivity contribution in [1.29, 1.82) is 0 Å². The number of aliphatic hydroxyl groups is 1. The first kappa shape index (κ1) is 15.7. The Kier molecular flexibility index (Phi) is 5.98. The van der Waals surface area contributed by atoms with Crippen LogP contribution in [0.1, 0.15) is 23.5 Å². The Hall–Kier alpha value is -1.40. The number of hydrogen-bond donors (Lipinski definition) is 2. The fraction of sp³-hybridized carbons (Fsp3) is 0.538. The number of carbonyl (C=O) groups is 2. The second kappa shape index (κ2) is 7.25. The Labute approximate surface area is 117 Å². The molecule has 0 saturated carbocycles. The smallest absolute Gasteiger partial charge is 0.262 e. The van der Waals surface area contributed by atoms with E-state index in [-0.39, 0.29) is 30.9 Å². The van der Waals surface area contributed by atoms with Gasteiger partial charge in [-0.3, -0.25) is 9.59 Å². The summed E-state index contributed by atoms with van der Waals surface area (Å²) in [6.07, 6.45) is 0. The van der Waals surface area contributed by atoms with Crippen LogP contribution in [-0.2, 0) is 4.79 Å². The molecule has 0 saturated heterocycles. The molecular formula is C13H20N2O3S. The number of nitrogens with zero attached hydrogens (tertiary/aromatic N) is 1. The average Bonchev–Trinajstić information content (AvgIpc) is 2.88. The third kappa shape index (κ3) is 4.33. The van der Waals surface area contributed by atoms with Crippen molar-refractivity contribution >= 4 is 23.2 Å². The molecule has 0 radical (unpaired) electrons. The van der Waals surface area contributed by atoms with E-state index >= 15 is 0 Å². The minimum atomic E-state index is -0.578. The molecule has 0 fully saturated rings. The van der Waals surface area contributed by atoms with Gasteiger partial charge in [0.15, 0.2) is 0 Å². The van der Waals surface area contributed by atoms with Gasteiger partial charge in [-0.05, 0) is 17.4 Å². The molecule has 1 rings (SSSR count). The van der Waals surface area contributed by atoms with Gasteiger partial charge in [-0.25, -0.2) is 0 Å². The molecule has 0 aromatic carbocycles. The van der Waals surface area contributed by atoms with E-state index in [0.717, 1.165) is 0 Å². The van der Waals surface area contributed by atoms with Crippen LogP contribution >= 0.6 is 11.3 Å². The van der Waals surface area contributed by atoms with E-state index in [2.05, 4.69) is 5.32 Å². The molecule has 0 aliphatic carbocycles. The molecule has 1 aromatic heterocycles. The molecule has 106 valence electrons. The standard InChI is InChI=1S/C13H20N2O3S/c1-9(2)11(13(18)15(3)6-7-16)14-12(17)10-5-4-8-19-10/h4-5,8-9,11,16H,6-7H2,1-3H3,(H,14,17). The molecule has 1 unspecified atom stereocenters. The maximum absolute atomic E-state index is 12.2. The van der Waals surface area contributed by atoms with Crippen molar-refractivity contribution in [2.24, 2.45) is 5.92 Å². The summed E-state index contributed by atoms with van der Waals surface area (Å²) in [5.74, 6) is -0.439. The Bertz CT molecular complexity index is 418. The Balaban J connectivity index is 2.73. The number of hydrogen-bond acceptors (Lipinski definition) is 4. The molecule has 5 nitrogen and oxygen atoms in total. The highest BCUT2D eigenvalue weighted by molar-refractivity contribution is 7.12. The monoisotopic (exact) mass is 284 g/mol. The van der Waals surface area contributed by atoms with E-state index in [1.165, 1.54) is 16.2 Å². The first-order valence-electron chi connectivity index (χ1n) is 6.17. The van der Waals surface area contributed by atoms with Crippen molar-refractivity contribution in [3.05, 3.63) is 22.4 Å². The summed E-state index contributed by atoms with van der Waals surface area (Å²) in [5.41, 5.74) is 0. The zero-order valence-corrected chi connectivity index (χ0v) is 12.2. The molecule has 19 heavy (non-hydrogen) atoms. The second-order valence-corrected chi connectivity index (χ2v) is 5.60. The lowest BCUT2D eigenvalue weighted by atomic mass is 10.0. The van der Waals surface area contributed by atoms with Gasteiger partial charge < -0.3 is 15.3 Å². The number of carbonyl (C=O) groups excluding carboxylic acids is 2. The van der Waals surface area contributed by atoms with Crippen molar-refractivity contribution in [3.8, 4) is 0 Å². The highest BCUT2D eigenvalue weighted by Gasteiger charge is 2.27. The van der Waals surface area contributed by atoms with Gasteiger partial charge in [0.05, 0.1) is 11.5 Å². The normalized spacial score (nSPS) is 12.3. The molecule has 1 atom stereocenters. The Morgan fingerprint density at radius 2 is 2.16 bits per heavy atom. The third-order valence-corrected chi connectivity index (χ3v) is 3.64. The zero-order valence-electron chi connectivity index (χ0n) is 11.4. The number of amides is 2. The minimum Gasteiger partial charge on any atom is -0.395 e. The molecule has 0 aliphatic rings. The average molecular weight is 284 g/mol. The third-order valence-electron chi connectivity index (χ3n) is 2.78. The number of likely N-dealkylation sites (N-methyl/N-ethyl adjacent to an activating group) is 1. The molecule has 0 bridgehead atoms. The number of nitrogens with one attached hydrogen (secondary N) is 1. The summed E-state index contributed by atoms with van der Waals surface area (Å²) < 4.78 is 0. The van der Waals surface area contributed by atoms with Crippen LogP contribution < -0.4 is 5.32 Å². The highest BCUT2D eigenvalue weighted by Crippen LogP contribution is 2.11. The SMILES string of the molecule is CC(C)C(NC(=O)c1cccs1)C(=O)N(C)CCO. The van der Waals surface area contributed by atoms with E-state index in [1.54, 1.807) is 19.2 Å². The van der Waals surface area contributed by atoms with Crippen LogP contribution in [0.15, 0.2) is 17.5 Å². The Morgan fingerprint density at radius 1 is 1.47 bits per heavy atom. The van der Waals surface area contributed by atoms with Crippen LogP contribution in [0.2, 0.25) is 0 Å². The predicted molar refractivity (Wildman–Crippen MR) is 75.1 cm³/mol. The summed E-state index contributed by atoms with van der Waals surface area (Å²) in [7, 11) is 1.62. The van der Waals surface area contributed by atoms with Gasteiger partial charge in [0.2, 0.25) is 5.91 Å². The van der Waals surface area contributed by atoms with Crippen molar-refractivity contribution in [3.63, 3.8) is 0 Å². The van der Waals surface area contributed by atoms with Crippen LogP contribution in [0.25, 0.3) is 0 Å². The summed E-state index contributed by atoms with van der Waals surface area (Å²) in [6, 6.07) is 2.94. The van der Waals surface area contributed by atoms with E-state index in [0.29, 0.717) is 4.88 Å². The van der Waals surface area contributed by atoms with Gasteiger partial charge in [-0.2, -0.15) is 0 Å². The minimum absolute atomic E-state index is 0.0162. The zero-order chi connectivity index (χ0) is 14.4. The first-order valence-corrected chi connectivity index (χ1v) is 7.05. The molecule has 2 amide bonds. The lowest BCUT2D eigenvalue weighted by Crippen LogP contribution is -2.50. The molecule has 1 heterocycles. The molecule has 0 spiro atoms. The van der Waals surface area contributed by atoms with Crippen LogP contribution in [0.5, 0.6) is 0 Å². The molecule has 1 aromatic rings. The van der Waals surface area contributed by atoms with Gasteiger partial charge in [0.1, 0.15) is 6.04 Å². The van der Waals surface area contributed by atoms with E-state index in [9.17, 15) is 9.59 Å². The van der Waals surface area contributed by atoms with Crippen LogP contribution in [0.4, 0.5) is 0 Å². The fourth-order valence-corrected chi connectivity index (χ4v) is 2.26. The second-order valence-electron chi connectivity index (χ2n) is 4.66. The number of thiophene rings is 1. The lowest BCUT2D eigenvalue weighted by Gasteiger charge is -2.26. The van der Waals surface area contributed by atoms with Gasteiger partial charge >= 0.3 is 0 Å². The predicted octanol–water partition coefficient (Wildman–Crippen LogP) is 0.953. The van der Waals surface area contributed by atoms with Crippen LogP contribution in [0, 0.1) is 5.92 Å². The molecule has 6 heteroatoms. The van der Waals surface area contributed by atoms with Gasteiger partial charge in [0.25, 0.3) is 5.91 Å². The summed E-state index contributed by atoms with van der Waals surface area (Å²) in [5, 5.41) is 13.4. The quantitative estimate of drug-likeness (QED) is 0.817. The fourth-order valence-electron chi connectivity index (χ4n) is 1.63. The summed E-state index contributed by atoms with van der Waals surface area (Å²) in [6.45, 7) is 3.93. The van der Waals surface area contributed by atoms with E-state index in [1.807, 2.05) is 19.2 Å². The summed E-state index contributed by atoms with van der Waals surface area (Å²) >= 11 is 1.34. The summed E-state index contributed by atoms with van der Waals surface area (Å²) in [4.78, 5) is 26.2. The maximum Gasteiger partial charge on any atom is 0.262 e. The van der Waals surface area contributed by atoms with Gasteiger partial charge in [0, 0.05) is 13.6 Å². The molecular weight excluding hydrogens is 264 g/mol. The number of aliphatic hydroxyl groups excluding tert-OH is 1. The Morgan fingerprint density at radius 3 is 2.63 bits per heavy atom. The molecule has 0 aliphatic heterocycles. The van der Waals surface area contributed by atoms with Gasteiger partial charge in [-0.15, -0.1) is 11.3 Å².